The van der Waals surface area contributed by atoms with Crippen LogP contribution in [0.3, 0.4) is 0 Å². The van der Waals surface area contributed by atoms with Crippen LogP contribution < -0.4 is 0 Å². The summed E-state index contributed by atoms with van der Waals surface area (Å²) in [7, 11) is 0. The molecule has 0 atom stereocenters. The number of rotatable bonds is 3. The lowest BCUT2D eigenvalue weighted by molar-refractivity contribution is 0.0697. The molecular formula is C8H5NO4. The van der Waals surface area contributed by atoms with E-state index in [4.69, 9.17) is 5.11 Å². The minimum Gasteiger partial charge on any atom is -0.478 e. The molecule has 0 radical (unpaired) electrons. The fourth-order valence-electron chi connectivity index (χ4n) is 0.865. The second kappa shape index (κ2) is 3.57. The van der Waals surface area contributed by atoms with Gasteiger partial charge in [-0.05, 0) is 23.4 Å². The fraction of sp³-hybridized carbons (Fsp3) is 0. The van der Waals surface area contributed by atoms with Crippen molar-refractivity contribution < 1.29 is 14.7 Å². The van der Waals surface area contributed by atoms with E-state index in [0.717, 1.165) is 6.07 Å². The summed E-state index contributed by atoms with van der Waals surface area (Å²) in [6, 6.07) is 3.51. The molecule has 0 unspecified atom stereocenters. The van der Waals surface area contributed by atoms with Crippen molar-refractivity contribution in [3.05, 3.63) is 34.2 Å². The number of carboxylic acids is 1. The zero-order chi connectivity index (χ0) is 9.84. The Bertz CT molecular complexity index is 372. The number of nitrogens with zero attached hydrogens (tertiary/aromatic N) is 1. The largest absolute Gasteiger partial charge is 0.478 e. The predicted molar refractivity (Wildman–Crippen MR) is 44.2 cm³/mol. The molecule has 0 spiro atoms. The van der Waals surface area contributed by atoms with E-state index in [2.05, 4.69) is 5.18 Å². The van der Waals surface area contributed by atoms with Crippen LogP contribution in [0.15, 0.2) is 23.4 Å². The number of nitroso groups, excluding NO2 is 1. The Hall–Kier alpha value is -2.04. The lowest BCUT2D eigenvalue weighted by Crippen LogP contribution is -1.96. The van der Waals surface area contributed by atoms with Crippen molar-refractivity contribution in [2.24, 2.45) is 5.18 Å². The summed E-state index contributed by atoms with van der Waals surface area (Å²) in [4.78, 5) is 30.9. The summed E-state index contributed by atoms with van der Waals surface area (Å²) in [5.41, 5.74) is -0.121. The quantitative estimate of drug-likeness (QED) is 0.564. The number of hydrogen-bond acceptors (Lipinski definition) is 4. The summed E-state index contributed by atoms with van der Waals surface area (Å²) < 4.78 is 0. The Balaban J connectivity index is 3.28. The third kappa shape index (κ3) is 1.76. The van der Waals surface area contributed by atoms with Gasteiger partial charge < -0.3 is 5.11 Å². The van der Waals surface area contributed by atoms with Gasteiger partial charge in [0.1, 0.15) is 5.69 Å². The Morgan fingerprint density at radius 1 is 1.46 bits per heavy atom. The zero-order valence-electron chi connectivity index (χ0n) is 6.43. The van der Waals surface area contributed by atoms with E-state index in [0.29, 0.717) is 6.29 Å². The Morgan fingerprint density at radius 2 is 2.15 bits per heavy atom. The van der Waals surface area contributed by atoms with Crippen LogP contribution in [0.4, 0.5) is 5.69 Å². The van der Waals surface area contributed by atoms with Gasteiger partial charge in [0.05, 0.1) is 5.56 Å². The summed E-state index contributed by atoms with van der Waals surface area (Å²) in [5.74, 6) is -1.15. The smallest absolute Gasteiger partial charge is 0.335 e. The van der Waals surface area contributed by atoms with Crippen molar-refractivity contribution in [1.29, 1.82) is 0 Å². The molecule has 0 saturated heterocycles. The molecule has 5 heteroatoms. The number of hydrogen-bond donors (Lipinski definition) is 1. The molecule has 66 valence electrons. The van der Waals surface area contributed by atoms with Crippen molar-refractivity contribution in [3.8, 4) is 0 Å². The number of carbonyl (C=O) groups excluding carboxylic acids is 1. The highest BCUT2D eigenvalue weighted by Crippen LogP contribution is 2.18. The molecule has 0 aliphatic carbocycles. The molecule has 1 N–H and O–H groups in total. The Labute approximate surface area is 73.0 Å². The van der Waals surface area contributed by atoms with E-state index in [-0.39, 0.29) is 16.8 Å². The highest BCUT2D eigenvalue weighted by molar-refractivity contribution is 5.92. The standard InChI is InChI=1S/C8H5NO4/c10-4-6-3-5(8(11)12)1-2-7(6)9-13/h1-4H,(H,11,12). The number of aromatic carboxylic acids is 1. The van der Waals surface area contributed by atoms with E-state index >= 15 is 0 Å². The van der Waals surface area contributed by atoms with E-state index in [1.165, 1.54) is 12.1 Å². The third-order valence-electron chi connectivity index (χ3n) is 1.50. The molecule has 1 aromatic rings. The maximum atomic E-state index is 10.4. The average molecular weight is 179 g/mol. The molecule has 1 rings (SSSR count). The van der Waals surface area contributed by atoms with E-state index in [9.17, 15) is 14.5 Å². The zero-order valence-corrected chi connectivity index (χ0v) is 6.43. The molecular weight excluding hydrogens is 174 g/mol. The number of benzene rings is 1. The molecule has 0 aliphatic heterocycles. The molecule has 0 amide bonds. The van der Waals surface area contributed by atoms with E-state index in [1.807, 2.05) is 0 Å². The van der Waals surface area contributed by atoms with Gasteiger partial charge in [0.15, 0.2) is 6.29 Å². The maximum Gasteiger partial charge on any atom is 0.335 e. The van der Waals surface area contributed by atoms with Crippen molar-refractivity contribution in [1.82, 2.24) is 0 Å². The molecule has 0 aliphatic rings. The van der Waals surface area contributed by atoms with Gasteiger partial charge in [-0.1, -0.05) is 0 Å². The second-order valence-electron chi connectivity index (χ2n) is 2.29. The molecule has 0 fully saturated rings. The summed E-state index contributed by atoms with van der Waals surface area (Å²) in [6.07, 6.45) is 0.392. The first-order valence-electron chi connectivity index (χ1n) is 3.35. The lowest BCUT2D eigenvalue weighted by atomic mass is 10.1. The van der Waals surface area contributed by atoms with Crippen molar-refractivity contribution in [2.45, 2.75) is 0 Å². The number of carbonyl (C=O) groups is 2. The van der Waals surface area contributed by atoms with Gasteiger partial charge in [-0.15, -0.1) is 4.91 Å². The first kappa shape index (κ1) is 9.05. The Kier molecular flexibility index (Phi) is 2.49. The van der Waals surface area contributed by atoms with Crippen molar-refractivity contribution in [2.75, 3.05) is 0 Å². The molecule has 0 aromatic heterocycles. The summed E-state index contributed by atoms with van der Waals surface area (Å²) in [5, 5.41) is 11.1. The molecule has 0 heterocycles. The maximum absolute atomic E-state index is 10.4. The molecule has 0 saturated carbocycles. The minimum absolute atomic E-state index is 0.0186. The predicted octanol–water partition coefficient (Wildman–Crippen LogP) is 1.60. The monoisotopic (exact) mass is 179 g/mol. The van der Waals surface area contributed by atoms with E-state index < -0.39 is 5.97 Å². The SMILES string of the molecule is O=Cc1cc(C(=O)O)ccc1N=O. The molecule has 5 nitrogen and oxygen atoms in total. The minimum atomic E-state index is -1.15. The second-order valence-corrected chi connectivity index (χ2v) is 2.29. The summed E-state index contributed by atoms with van der Waals surface area (Å²) in [6.45, 7) is 0. The van der Waals surface area contributed by atoms with Gasteiger partial charge in [-0.3, -0.25) is 4.79 Å². The van der Waals surface area contributed by atoms with Gasteiger partial charge in [0.2, 0.25) is 0 Å². The van der Waals surface area contributed by atoms with Crippen LogP contribution in [-0.2, 0) is 0 Å². The Morgan fingerprint density at radius 3 is 2.62 bits per heavy atom. The average Bonchev–Trinajstić information content (AvgIpc) is 2.16. The topological polar surface area (TPSA) is 83.8 Å². The van der Waals surface area contributed by atoms with Gasteiger partial charge in [-0.2, -0.15) is 0 Å². The van der Waals surface area contributed by atoms with Crippen LogP contribution in [0, 0.1) is 4.91 Å². The molecule has 0 bridgehead atoms. The van der Waals surface area contributed by atoms with Crippen LogP contribution in [0.25, 0.3) is 0 Å². The van der Waals surface area contributed by atoms with Gasteiger partial charge >= 0.3 is 5.97 Å². The van der Waals surface area contributed by atoms with E-state index in [1.54, 1.807) is 0 Å². The lowest BCUT2D eigenvalue weighted by Gasteiger charge is -1.96. The molecule has 13 heavy (non-hydrogen) atoms. The highest BCUT2D eigenvalue weighted by atomic mass is 16.4. The van der Waals surface area contributed by atoms with Crippen LogP contribution in [-0.4, -0.2) is 17.4 Å². The van der Waals surface area contributed by atoms with Crippen molar-refractivity contribution in [3.63, 3.8) is 0 Å². The first-order valence-corrected chi connectivity index (χ1v) is 3.35. The van der Waals surface area contributed by atoms with Crippen LogP contribution in [0.1, 0.15) is 20.7 Å². The van der Waals surface area contributed by atoms with Crippen LogP contribution in [0.5, 0.6) is 0 Å². The fourth-order valence-corrected chi connectivity index (χ4v) is 0.865. The number of carboxylic acid groups (broad SMARTS) is 1. The normalized spacial score (nSPS) is 9.23. The third-order valence-corrected chi connectivity index (χ3v) is 1.50. The van der Waals surface area contributed by atoms with Crippen molar-refractivity contribution >= 4 is 17.9 Å². The number of aldehydes is 1. The molecule has 1 aromatic carbocycles. The van der Waals surface area contributed by atoms with Crippen LogP contribution >= 0.6 is 0 Å². The first-order chi connectivity index (χ1) is 6.19. The van der Waals surface area contributed by atoms with Crippen LogP contribution in [0.2, 0.25) is 0 Å². The van der Waals surface area contributed by atoms with Gasteiger partial charge in [0, 0.05) is 5.56 Å². The van der Waals surface area contributed by atoms with Gasteiger partial charge in [-0.25, -0.2) is 4.79 Å². The highest BCUT2D eigenvalue weighted by Gasteiger charge is 2.07. The van der Waals surface area contributed by atoms with Gasteiger partial charge in [0.25, 0.3) is 0 Å². The summed E-state index contributed by atoms with van der Waals surface area (Å²) >= 11 is 0.